The van der Waals surface area contributed by atoms with Gasteiger partial charge < -0.3 is 20.5 Å². The number of rotatable bonds is 4. The maximum absolute atomic E-state index is 12.5. The number of nitrogens with zero attached hydrogens (tertiary/aromatic N) is 2. The summed E-state index contributed by atoms with van der Waals surface area (Å²) >= 11 is 0. The van der Waals surface area contributed by atoms with Crippen LogP contribution in [-0.4, -0.2) is 60.0 Å². The minimum absolute atomic E-state index is 0. The number of nitrogens with one attached hydrogen (secondary N) is 1. The molecule has 0 bridgehead atoms. The zero-order chi connectivity index (χ0) is 15.7. The smallest absolute Gasteiger partial charge is 0.239 e. The van der Waals surface area contributed by atoms with E-state index in [0.29, 0.717) is 12.5 Å². The molecule has 1 aromatic heterocycles. The van der Waals surface area contributed by atoms with Crippen molar-refractivity contribution in [3.05, 3.63) is 36.0 Å². The van der Waals surface area contributed by atoms with Crippen LogP contribution in [0.1, 0.15) is 12.0 Å². The Kier molecular flexibility index (Phi) is 5.68. The highest BCUT2D eigenvalue weighted by atomic mass is 35.5. The molecule has 2 heterocycles. The van der Waals surface area contributed by atoms with Crippen LogP contribution >= 0.6 is 12.4 Å². The number of fused-ring (bicyclic) bond motifs is 1. The van der Waals surface area contributed by atoms with Crippen LogP contribution in [0.3, 0.4) is 0 Å². The highest BCUT2D eigenvalue weighted by Gasteiger charge is 2.30. The standard InChI is InChI=1S/C17H24N4O.ClH/c1-20(2)13-7-8-21(11-13)17(22)15(18)9-12-10-19-16-6-4-3-5-14(12)16;/h3-6,10,13,15,19H,7-9,11,18H2,1-2H3;1H/t13?,15-;/m0./s1. The van der Waals surface area contributed by atoms with Crippen molar-refractivity contribution in [3.8, 4) is 0 Å². The predicted octanol–water partition coefficient (Wildman–Crippen LogP) is 1.62. The van der Waals surface area contributed by atoms with Gasteiger partial charge in [0.15, 0.2) is 0 Å². The number of likely N-dealkylation sites (N-methyl/N-ethyl adjacent to an activating group) is 1. The molecule has 1 unspecified atom stereocenters. The zero-order valence-electron chi connectivity index (χ0n) is 13.7. The van der Waals surface area contributed by atoms with E-state index in [9.17, 15) is 4.79 Å². The van der Waals surface area contributed by atoms with Crippen molar-refractivity contribution in [2.24, 2.45) is 5.73 Å². The third-order valence-corrected chi connectivity index (χ3v) is 4.64. The lowest BCUT2D eigenvalue weighted by molar-refractivity contribution is -0.131. The normalized spacial score (nSPS) is 19.1. The van der Waals surface area contributed by atoms with Gasteiger partial charge in [-0.25, -0.2) is 0 Å². The van der Waals surface area contributed by atoms with Crippen molar-refractivity contribution >= 4 is 29.2 Å². The number of aromatic nitrogens is 1. The SMILES string of the molecule is CN(C)C1CCN(C(=O)[C@@H](N)Cc2c[nH]c3ccccc23)C1.Cl. The van der Waals surface area contributed by atoms with E-state index in [1.807, 2.05) is 29.3 Å². The first kappa shape index (κ1) is 17.8. The maximum Gasteiger partial charge on any atom is 0.239 e. The third-order valence-electron chi connectivity index (χ3n) is 4.64. The molecule has 0 aliphatic carbocycles. The largest absolute Gasteiger partial charge is 0.361 e. The van der Waals surface area contributed by atoms with E-state index >= 15 is 0 Å². The molecule has 2 aromatic rings. The molecule has 3 rings (SSSR count). The summed E-state index contributed by atoms with van der Waals surface area (Å²) in [6.07, 6.45) is 3.56. The van der Waals surface area contributed by atoms with Crippen molar-refractivity contribution in [1.82, 2.24) is 14.8 Å². The molecule has 0 saturated carbocycles. The van der Waals surface area contributed by atoms with Gasteiger partial charge in [-0.1, -0.05) is 18.2 Å². The topological polar surface area (TPSA) is 65.4 Å². The lowest BCUT2D eigenvalue weighted by Crippen LogP contribution is -2.45. The van der Waals surface area contributed by atoms with E-state index in [4.69, 9.17) is 5.73 Å². The minimum atomic E-state index is -0.472. The Morgan fingerprint density at radius 3 is 2.87 bits per heavy atom. The van der Waals surface area contributed by atoms with Gasteiger partial charge >= 0.3 is 0 Å². The molecule has 1 aliphatic heterocycles. The van der Waals surface area contributed by atoms with Gasteiger partial charge in [-0.15, -0.1) is 12.4 Å². The first-order chi connectivity index (χ1) is 10.6. The number of nitrogens with two attached hydrogens (primary N) is 1. The number of aromatic amines is 1. The summed E-state index contributed by atoms with van der Waals surface area (Å²) in [5, 5.41) is 1.15. The van der Waals surface area contributed by atoms with E-state index in [1.165, 1.54) is 0 Å². The van der Waals surface area contributed by atoms with E-state index in [-0.39, 0.29) is 18.3 Å². The molecule has 1 amide bonds. The number of para-hydroxylation sites is 1. The van der Waals surface area contributed by atoms with Crippen LogP contribution in [0, 0.1) is 0 Å². The van der Waals surface area contributed by atoms with Crippen LogP contribution in [0.2, 0.25) is 0 Å². The van der Waals surface area contributed by atoms with Gasteiger partial charge in [0.1, 0.15) is 0 Å². The quantitative estimate of drug-likeness (QED) is 0.891. The number of hydrogen-bond acceptors (Lipinski definition) is 3. The fraction of sp³-hybridized carbons (Fsp3) is 0.471. The van der Waals surface area contributed by atoms with Crippen molar-refractivity contribution in [1.29, 1.82) is 0 Å². The molecule has 3 N–H and O–H groups in total. The highest BCUT2D eigenvalue weighted by Crippen LogP contribution is 2.20. The van der Waals surface area contributed by atoms with Gasteiger partial charge in [-0.2, -0.15) is 0 Å². The number of halogens is 1. The van der Waals surface area contributed by atoms with Crippen LogP contribution in [0.25, 0.3) is 10.9 Å². The van der Waals surface area contributed by atoms with E-state index in [1.54, 1.807) is 0 Å². The van der Waals surface area contributed by atoms with Crippen LogP contribution < -0.4 is 5.73 Å². The number of benzene rings is 1. The summed E-state index contributed by atoms with van der Waals surface area (Å²) in [5.41, 5.74) is 8.38. The van der Waals surface area contributed by atoms with Crippen LogP contribution in [0.15, 0.2) is 30.5 Å². The summed E-state index contributed by atoms with van der Waals surface area (Å²) in [6.45, 7) is 1.59. The monoisotopic (exact) mass is 336 g/mol. The lowest BCUT2D eigenvalue weighted by atomic mass is 10.0. The first-order valence-electron chi connectivity index (χ1n) is 7.82. The molecule has 6 heteroatoms. The lowest BCUT2D eigenvalue weighted by Gasteiger charge is -2.23. The first-order valence-corrected chi connectivity index (χ1v) is 7.82. The van der Waals surface area contributed by atoms with Crippen molar-refractivity contribution < 1.29 is 4.79 Å². The van der Waals surface area contributed by atoms with Crippen LogP contribution in [-0.2, 0) is 11.2 Å². The third kappa shape index (κ3) is 3.68. The molecule has 2 atom stereocenters. The Balaban J connectivity index is 0.00000192. The van der Waals surface area contributed by atoms with E-state index in [2.05, 4.69) is 30.0 Å². The van der Waals surface area contributed by atoms with E-state index < -0.39 is 6.04 Å². The Morgan fingerprint density at radius 2 is 2.17 bits per heavy atom. The summed E-state index contributed by atoms with van der Waals surface area (Å²) in [5.74, 6) is 0.0645. The number of amides is 1. The molecule has 0 radical (unpaired) electrons. The van der Waals surface area contributed by atoms with Gasteiger partial charge in [0.25, 0.3) is 0 Å². The predicted molar refractivity (Wildman–Crippen MR) is 95.9 cm³/mol. The van der Waals surface area contributed by atoms with Gasteiger partial charge in [-0.05, 0) is 38.6 Å². The van der Waals surface area contributed by atoms with Gasteiger partial charge in [-0.3, -0.25) is 4.79 Å². The molecule has 1 aromatic carbocycles. The molecule has 1 saturated heterocycles. The van der Waals surface area contributed by atoms with Gasteiger partial charge in [0.2, 0.25) is 5.91 Å². The number of carbonyl (C=O) groups is 1. The Bertz CT molecular complexity index is 669. The zero-order valence-corrected chi connectivity index (χ0v) is 14.5. The Labute approximate surface area is 143 Å². The second-order valence-corrected chi connectivity index (χ2v) is 6.36. The van der Waals surface area contributed by atoms with Crippen molar-refractivity contribution in [2.75, 3.05) is 27.2 Å². The molecule has 1 fully saturated rings. The minimum Gasteiger partial charge on any atom is -0.361 e. The number of likely N-dealkylation sites (tertiary alicyclic amines) is 1. The summed E-state index contributed by atoms with van der Waals surface area (Å²) in [4.78, 5) is 19.9. The number of hydrogen-bond donors (Lipinski definition) is 2. The fourth-order valence-electron chi connectivity index (χ4n) is 3.22. The second kappa shape index (κ2) is 7.34. The molecular weight excluding hydrogens is 312 g/mol. The fourth-order valence-corrected chi connectivity index (χ4v) is 3.22. The molecule has 126 valence electrons. The van der Waals surface area contributed by atoms with Gasteiger partial charge in [0.05, 0.1) is 6.04 Å². The highest BCUT2D eigenvalue weighted by molar-refractivity contribution is 5.86. The molecular formula is C17H25ClN4O. The number of carbonyl (C=O) groups excluding carboxylic acids is 1. The molecule has 1 aliphatic rings. The van der Waals surface area contributed by atoms with Crippen LogP contribution in [0.4, 0.5) is 0 Å². The maximum atomic E-state index is 12.5. The second-order valence-electron chi connectivity index (χ2n) is 6.36. The van der Waals surface area contributed by atoms with E-state index in [0.717, 1.165) is 36.0 Å². The van der Waals surface area contributed by atoms with Crippen molar-refractivity contribution in [3.63, 3.8) is 0 Å². The molecule has 5 nitrogen and oxygen atoms in total. The average Bonchev–Trinajstić information content (AvgIpc) is 3.14. The summed E-state index contributed by atoms with van der Waals surface area (Å²) in [7, 11) is 4.12. The molecule has 23 heavy (non-hydrogen) atoms. The molecule has 0 spiro atoms. The Hall–Kier alpha value is -1.56. The van der Waals surface area contributed by atoms with Crippen LogP contribution in [0.5, 0.6) is 0 Å². The summed E-state index contributed by atoms with van der Waals surface area (Å²) < 4.78 is 0. The van der Waals surface area contributed by atoms with Gasteiger partial charge in [0, 0.05) is 36.2 Å². The van der Waals surface area contributed by atoms with Crippen molar-refractivity contribution in [2.45, 2.75) is 24.9 Å². The Morgan fingerprint density at radius 1 is 1.43 bits per heavy atom. The summed E-state index contributed by atoms with van der Waals surface area (Å²) in [6, 6.07) is 8.09. The number of H-pyrrole nitrogens is 1. The average molecular weight is 337 g/mol.